The largest absolute Gasteiger partial charge is 0.135 e. The Bertz CT molecular complexity index is 3070. The lowest BCUT2D eigenvalue weighted by atomic mass is 9.86. The molecular weight excluding hydrogens is 641 g/mol. The minimum atomic E-state index is 1.24. The van der Waals surface area contributed by atoms with Crippen molar-refractivity contribution in [2.45, 2.75) is 0 Å². The summed E-state index contributed by atoms with van der Waals surface area (Å²) in [6.07, 6.45) is 0. The molecule has 0 radical (unpaired) electrons. The van der Waals surface area contributed by atoms with Crippen molar-refractivity contribution in [3.8, 4) is 33.4 Å². The number of thiophene rings is 2. The molecule has 0 amide bonds. The van der Waals surface area contributed by atoms with Gasteiger partial charge in [0.2, 0.25) is 0 Å². The molecule has 0 N–H and O–H groups in total. The Morgan fingerprint density at radius 2 is 0.780 bits per heavy atom. The van der Waals surface area contributed by atoms with Gasteiger partial charge in [0.05, 0.1) is 0 Å². The third kappa shape index (κ3) is 4.16. The van der Waals surface area contributed by atoms with Gasteiger partial charge in [-0.2, -0.15) is 0 Å². The third-order valence-corrected chi connectivity index (χ3v) is 12.7. The highest BCUT2D eigenvalue weighted by Gasteiger charge is 2.17. The highest BCUT2D eigenvalue weighted by molar-refractivity contribution is 7.28. The quantitative estimate of drug-likeness (QED) is 0.164. The van der Waals surface area contributed by atoms with Crippen LogP contribution >= 0.6 is 22.7 Å². The molecule has 0 aliphatic heterocycles. The maximum absolute atomic E-state index is 2.45. The molecule has 0 unspecified atom stereocenters. The number of fused-ring (bicyclic) bond motifs is 10. The van der Waals surface area contributed by atoms with Crippen molar-refractivity contribution < 1.29 is 0 Å². The Morgan fingerprint density at radius 3 is 1.48 bits per heavy atom. The van der Waals surface area contributed by atoms with E-state index in [1.165, 1.54) is 106 Å². The normalized spacial score (nSPS) is 12.0. The summed E-state index contributed by atoms with van der Waals surface area (Å²) in [6, 6.07) is 63.0. The smallest absolute Gasteiger partial charge is 0.0370 e. The van der Waals surface area contributed by atoms with Crippen LogP contribution in [-0.2, 0) is 0 Å². The van der Waals surface area contributed by atoms with Crippen molar-refractivity contribution in [1.82, 2.24) is 0 Å². The molecule has 2 heterocycles. The second-order valence-corrected chi connectivity index (χ2v) is 15.4. The van der Waals surface area contributed by atoms with E-state index in [0.29, 0.717) is 0 Å². The van der Waals surface area contributed by atoms with Crippen LogP contribution in [0, 0.1) is 0 Å². The van der Waals surface area contributed by atoms with E-state index in [9.17, 15) is 0 Å². The first-order valence-corrected chi connectivity index (χ1v) is 18.7. The van der Waals surface area contributed by atoms with Crippen LogP contribution in [0.15, 0.2) is 170 Å². The summed E-state index contributed by atoms with van der Waals surface area (Å²) >= 11 is 3.82. The second kappa shape index (κ2) is 10.9. The van der Waals surface area contributed by atoms with Crippen molar-refractivity contribution in [3.05, 3.63) is 170 Å². The summed E-state index contributed by atoms with van der Waals surface area (Å²) in [6.45, 7) is 0. The van der Waals surface area contributed by atoms with Crippen LogP contribution in [0.25, 0.3) is 106 Å². The van der Waals surface area contributed by atoms with Crippen LogP contribution in [0.4, 0.5) is 0 Å². The summed E-state index contributed by atoms with van der Waals surface area (Å²) in [4.78, 5) is 0. The van der Waals surface area contributed by atoms with E-state index in [1.54, 1.807) is 0 Å². The Hall–Kier alpha value is -5.80. The van der Waals surface area contributed by atoms with Gasteiger partial charge in [-0.1, -0.05) is 146 Å². The van der Waals surface area contributed by atoms with Gasteiger partial charge >= 0.3 is 0 Å². The number of rotatable bonds is 3. The molecule has 0 saturated carbocycles. The lowest BCUT2D eigenvalue weighted by molar-refractivity contribution is 1.63. The van der Waals surface area contributed by atoms with E-state index < -0.39 is 0 Å². The fourth-order valence-corrected chi connectivity index (χ4v) is 10.6. The van der Waals surface area contributed by atoms with Crippen molar-refractivity contribution in [2.24, 2.45) is 0 Å². The lowest BCUT2D eigenvalue weighted by Gasteiger charge is -2.18. The van der Waals surface area contributed by atoms with Gasteiger partial charge in [-0.3, -0.25) is 0 Å². The van der Waals surface area contributed by atoms with Gasteiger partial charge in [0.25, 0.3) is 0 Å². The fraction of sp³-hybridized carbons (Fsp3) is 0. The predicted molar refractivity (Wildman–Crippen MR) is 221 cm³/mol. The van der Waals surface area contributed by atoms with Crippen molar-refractivity contribution in [2.75, 3.05) is 0 Å². The molecule has 0 atom stereocenters. The van der Waals surface area contributed by atoms with Gasteiger partial charge in [0, 0.05) is 40.3 Å². The number of hydrogen-bond donors (Lipinski definition) is 0. The second-order valence-electron chi connectivity index (χ2n) is 13.2. The van der Waals surface area contributed by atoms with E-state index in [2.05, 4.69) is 170 Å². The molecule has 50 heavy (non-hydrogen) atoms. The molecular formula is C48H28S2. The van der Waals surface area contributed by atoms with Crippen LogP contribution in [0.3, 0.4) is 0 Å². The van der Waals surface area contributed by atoms with Gasteiger partial charge in [-0.05, 0) is 90.0 Å². The molecule has 2 aromatic heterocycles. The highest BCUT2D eigenvalue weighted by Crippen LogP contribution is 2.46. The standard InChI is InChI=1S/C48H28S2/c1-2-11-31(12-3-1)46-36-14-6-8-16-38(36)47(39-17-9-7-15-37(39)46)32-20-18-29(19-21-32)33-22-24-35-40-27-41-45(28-44(40)50-43(35)26-33)49-42-25-23-30-10-4-5-13-34(30)48(41)42/h1-28H. The van der Waals surface area contributed by atoms with Crippen LogP contribution < -0.4 is 0 Å². The van der Waals surface area contributed by atoms with E-state index in [4.69, 9.17) is 0 Å². The molecule has 0 bridgehead atoms. The number of benzene rings is 9. The van der Waals surface area contributed by atoms with E-state index in [-0.39, 0.29) is 0 Å². The summed E-state index contributed by atoms with van der Waals surface area (Å²) in [5.74, 6) is 0. The zero-order valence-corrected chi connectivity index (χ0v) is 28.6. The summed E-state index contributed by atoms with van der Waals surface area (Å²) < 4.78 is 5.41. The summed E-state index contributed by atoms with van der Waals surface area (Å²) in [5.41, 5.74) is 7.57. The summed E-state index contributed by atoms with van der Waals surface area (Å²) in [7, 11) is 0. The lowest BCUT2D eigenvalue weighted by Crippen LogP contribution is -1.90. The zero-order valence-electron chi connectivity index (χ0n) is 27.0. The predicted octanol–water partition coefficient (Wildman–Crippen LogP) is 14.9. The molecule has 0 nitrogen and oxygen atoms in total. The number of hydrogen-bond acceptors (Lipinski definition) is 2. The first-order valence-electron chi connectivity index (χ1n) is 17.1. The average Bonchev–Trinajstić information content (AvgIpc) is 3.73. The van der Waals surface area contributed by atoms with Gasteiger partial charge in [-0.15, -0.1) is 22.7 Å². The molecule has 0 aliphatic rings. The molecule has 11 rings (SSSR count). The molecule has 2 heteroatoms. The van der Waals surface area contributed by atoms with Crippen LogP contribution in [0.2, 0.25) is 0 Å². The first-order chi connectivity index (χ1) is 24.8. The molecule has 0 spiro atoms. The minimum Gasteiger partial charge on any atom is -0.135 e. The first kappa shape index (κ1) is 28.1. The van der Waals surface area contributed by atoms with Crippen molar-refractivity contribution in [3.63, 3.8) is 0 Å². The molecule has 232 valence electrons. The van der Waals surface area contributed by atoms with Crippen molar-refractivity contribution in [1.29, 1.82) is 0 Å². The van der Waals surface area contributed by atoms with Crippen LogP contribution in [0.5, 0.6) is 0 Å². The van der Waals surface area contributed by atoms with Crippen molar-refractivity contribution >= 4 is 95.3 Å². The van der Waals surface area contributed by atoms with E-state index in [1.807, 2.05) is 22.7 Å². The average molecular weight is 669 g/mol. The van der Waals surface area contributed by atoms with Gasteiger partial charge in [0.1, 0.15) is 0 Å². The maximum atomic E-state index is 2.45. The zero-order chi connectivity index (χ0) is 32.8. The van der Waals surface area contributed by atoms with Gasteiger partial charge in [0.15, 0.2) is 0 Å². The van der Waals surface area contributed by atoms with E-state index in [0.717, 1.165) is 0 Å². The SMILES string of the molecule is c1ccc(-c2c3ccccc3c(-c3ccc(-c4ccc5c(c4)sc4cc6sc7ccc8ccccc8c7c6cc45)cc3)c3ccccc23)cc1. The topological polar surface area (TPSA) is 0 Å². The third-order valence-electron chi connectivity index (χ3n) is 10.5. The molecule has 9 aromatic carbocycles. The molecule has 0 fully saturated rings. The van der Waals surface area contributed by atoms with Crippen LogP contribution in [-0.4, -0.2) is 0 Å². The van der Waals surface area contributed by atoms with Gasteiger partial charge in [-0.25, -0.2) is 0 Å². The fourth-order valence-electron chi connectivity index (χ4n) is 8.18. The van der Waals surface area contributed by atoms with Gasteiger partial charge < -0.3 is 0 Å². The Morgan fingerprint density at radius 1 is 0.260 bits per heavy atom. The Labute approximate surface area is 297 Å². The molecule has 11 aromatic rings. The maximum Gasteiger partial charge on any atom is 0.0370 e. The molecule has 0 saturated heterocycles. The Balaban J connectivity index is 1.03. The monoisotopic (exact) mass is 668 g/mol. The highest BCUT2D eigenvalue weighted by atomic mass is 32.1. The summed E-state index contributed by atoms with van der Waals surface area (Å²) in [5, 5.41) is 13.2. The minimum absolute atomic E-state index is 1.24. The van der Waals surface area contributed by atoms with E-state index >= 15 is 0 Å². The Kier molecular flexibility index (Phi) is 6.09. The van der Waals surface area contributed by atoms with Crippen LogP contribution in [0.1, 0.15) is 0 Å². The molecule has 0 aliphatic carbocycles.